The van der Waals surface area contributed by atoms with Crippen LogP contribution in [0.2, 0.25) is 0 Å². The first-order valence-electron chi connectivity index (χ1n) is 10.6. The number of amides is 1. The summed E-state index contributed by atoms with van der Waals surface area (Å²) in [6.45, 7) is 2.62. The number of aromatic nitrogens is 3. The summed E-state index contributed by atoms with van der Waals surface area (Å²) >= 11 is 1.15. The van der Waals surface area contributed by atoms with Crippen molar-refractivity contribution in [2.24, 2.45) is 0 Å². The lowest BCUT2D eigenvalue weighted by atomic mass is 10.1. The van der Waals surface area contributed by atoms with Gasteiger partial charge >= 0.3 is 6.18 Å². The van der Waals surface area contributed by atoms with E-state index in [1.807, 2.05) is 49.0 Å². The topological polar surface area (TPSA) is 64.2 Å². The van der Waals surface area contributed by atoms with Gasteiger partial charge in [-0.1, -0.05) is 61.2 Å². The van der Waals surface area contributed by atoms with Crippen LogP contribution in [0, 0.1) is 0 Å². The summed E-state index contributed by atoms with van der Waals surface area (Å²) in [4.78, 5) is 13.7. The molecule has 0 aliphatic heterocycles. The molecule has 0 fully saturated rings. The van der Waals surface area contributed by atoms with Crippen molar-refractivity contribution >= 4 is 23.4 Å². The third-order valence-electron chi connectivity index (χ3n) is 5.18. The molecule has 0 saturated heterocycles. The van der Waals surface area contributed by atoms with E-state index in [-0.39, 0.29) is 17.5 Å². The van der Waals surface area contributed by atoms with E-state index < -0.39 is 17.6 Å². The zero-order valence-corrected chi connectivity index (χ0v) is 19.5. The third-order valence-corrected chi connectivity index (χ3v) is 6.15. The maximum absolute atomic E-state index is 13.2. The van der Waals surface area contributed by atoms with Crippen molar-refractivity contribution in [1.82, 2.24) is 14.8 Å². The van der Waals surface area contributed by atoms with Crippen LogP contribution in [0.25, 0.3) is 0 Å². The molecule has 2 N–H and O–H groups in total. The number of para-hydroxylation sites is 1. The molecule has 33 heavy (non-hydrogen) atoms. The van der Waals surface area contributed by atoms with Crippen molar-refractivity contribution in [3.05, 3.63) is 71.5 Å². The molecule has 0 bridgehead atoms. The zero-order valence-electron chi connectivity index (χ0n) is 18.7. The van der Waals surface area contributed by atoms with E-state index in [0.717, 1.165) is 35.6 Å². The maximum Gasteiger partial charge on any atom is 0.418 e. The molecular formula is C23H27F3N5OS+. The summed E-state index contributed by atoms with van der Waals surface area (Å²) in [5.74, 6) is 0.175. The second-order valence-electron chi connectivity index (χ2n) is 7.83. The van der Waals surface area contributed by atoms with E-state index in [2.05, 4.69) is 22.4 Å². The normalized spacial score (nSPS) is 12.7. The Morgan fingerprint density at radius 3 is 2.39 bits per heavy atom. The van der Waals surface area contributed by atoms with Gasteiger partial charge in [0.15, 0.2) is 11.0 Å². The van der Waals surface area contributed by atoms with Crippen LogP contribution in [0.4, 0.5) is 18.9 Å². The number of anilines is 1. The zero-order chi connectivity index (χ0) is 24.0. The van der Waals surface area contributed by atoms with Crippen LogP contribution in [0.3, 0.4) is 0 Å². The van der Waals surface area contributed by atoms with Crippen molar-refractivity contribution in [1.29, 1.82) is 0 Å². The first-order chi connectivity index (χ1) is 15.7. The van der Waals surface area contributed by atoms with Gasteiger partial charge < -0.3 is 10.2 Å². The standard InChI is InChI=1S/C23H26F3N5OS/c1-4-19(30(2)3)21-28-29-22(31(21)14-16-10-6-5-7-11-16)33-15-20(32)27-18-13-9-8-12-17(18)23(24,25)26/h5-13,19H,4,14-15H2,1-3H3,(H,27,32)/p+1/t19-/m0/s1. The number of halogens is 3. The molecule has 1 aromatic heterocycles. The number of carbonyl (C=O) groups excluding carboxylic acids is 1. The fourth-order valence-corrected chi connectivity index (χ4v) is 4.33. The summed E-state index contributed by atoms with van der Waals surface area (Å²) in [5, 5.41) is 11.6. The van der Waals surface area contributed by atoms with Crippen LogP contribution in [0.15, 0.2) is 59.8 Å². The molecular weight excluding hydrogens is 451 g/mol. The first kappa shape index (κ1) is 24.8. The Morgan fingerprint density at radius 2 is 1.76 bits per heavy atom. The van der Waals surface area contributed by atoms with Crippen molar-refractivity contribution in [2.75, 3.05) is 25.2 Å². The lowest BCUT2D eigenvalue weighted by Crippen LogP contribution is -3.06. The van der Waals surface area contributed by atoms with Gasteiger partial charge in [0.2, 0.25) is 5.91 Å². The fourth-order valence-electron chi connectivity index (χ4n) is 3.58. The number of benzene rings is 2. The van der Waals surface area contributed by atoms with Crippen molar-refractivity contribution in [2.45, 2.75) is 37.3 Å². The van der Waals surface area contributed by atoms with Gasteiger partial charge in [-0.2, -0.15) is 13.2 Å². The van der Waals surface area contributed by atoms with E-state index in [4.69, 9.17) is 0 Å². The quantitative estimate of drug-likeness (QED) is 0.461. The Hall–Kier alpha value is -2.85. The number of alkyl halides is 3. The number of hydrogen-bond acceptors (Lipinski definition) is 4. The molecule has 0 saturated carbocycles. The van der Waals surface area contributed by atoms with E-state index in [1.165, 1.54) is 23.1 Å². The van der Waals surface area contributed by atoms with Crippen LogP contribution >= 0.6 is 11.8 Å². The largest absolute Gasteiger partial charge is 0.418 e. The second-order valence-corrected chi connectivity index (χ2v) is 8.77. The van der Waals surface area contributed by atoms with Crippen LogP contribution in [-0.4, -0.2) is 40.5 Å². The Morgan fingerprint density at radius 1 is 1.09 bits per heavy atom. The van der Waals surface area contributed by atoms with Gasteiger partial charge in [0.05, 0.1) is 37.6 Å². The lowest BCUT2D eigenvalue weighted by molar-refractivity contribution is -0.893. The predicted molar refractivity (Wildman–Crippen MR) is 122 cm³/mol. The molecule has 10 heteroatoms. The molecule has 3 rings (SSSR count). The van der Waals surface area contributed by atoms with Gasteiger partial charge in [-0.05, 0) is 17.7 Å². The minimum absolute atomic E-state index is 0.0925. The number of thioether (sulfide) groups is 1. The summed E-state index contributed by atoms with van der Waals surface area (Å²) in [6, 6.07) is 14.9. The molecule has 1 amide bonds. The average molecular weight is 479 g/mol. The van der Waals surface area contributed by atoms with Gasteiger partial charge in [-0.15, -0.1) is 10.2 Å². The molecule has 1 heterocycles. The molecule has 0 aliphatic carbocycles. The fraction of sp³-hybridized carbons (Fsp3) is 0.348. The summed E-state index contributed by atoms with van der Waals surface area (Å²) in [7, 11) is 4.10. The summed E-state index contributed by atoms with van der Waals surface area (Å²) in [6.07, 6.45) is -3.69. The number of nitrogens with one attached hydrogen (secondary N) is 2. The number of nitrogens with zero attached hydrogens (tertiary/aromatic N) is 3. The van der Waals surface area contributed by atoms with E-state index in [9.17, 15) is 18.0 Å². The average Bonchev–Trinajstić information content (AvgIpc) is 3.15. The van der Waals surface area contributed by atoms with Crippen LogP contribution in [0.5, 0.6) is 0 Å². The van der Waals surface area contributed by atoms with Gasteiger partial charge in [0.25, 0.3) is 0 Å². The molecule has 0 unspecified atom stereocenters. The lowest BCUT2D eigenvalue weighted by Gasteiger charge is -2.20. The number of carbonyl (C=O) groups is 1. The van der Waals surface area contributed by atoms with E-state index in [1.54, 1.807) is 0 Å². The molecule has 0 spiro atoms. The van der Waals surface area contributed by atoms with Gasteiger partial charge in [0, 0.05) is 6.42 Å². The Bertz CT molecular complexity index is 1070. The smallest absolute Gasteiger partial charge is 0.331 e. The Labute approximate surface area is 195 Å². The molecule has 0 radical (unpaired) electrons. The molecule has 2 aromatic carbocycles. The highest BCUT2D eigenvalue weighted by molar-refractivity contribution is 7.99. The second kappa shape index (κ2) is 10.8. The number of quaternary nitrogens is 1. The van der Waals surface area contributed by atoms with Crippen molar-refractivity contribution < 1.29 is 22.9 Å². The monoisotopic (exact) mass is 478 g/mol. The summed E-state index contributed by atoms with van der Waals surface area (Å²) in [5.41, 5.74) is -0.0745. The third kappa shape index (κ3) is 6.35. The molecule has 0 aliphatic rings. The molecule has 3 aromatic rings. The van der Waals surface area contributed by atoms with Crippen molar-refractivity contribution in [3.63, 3.8) is 0 Å². The van der Waals surface area contributed by atoms with Gasteiger partial charge in [-0.3, -0.25) is 9.36 Å². The van der Waals surface area contributed by atoms with E-state index in [0.29, 0.717) is 11.7 Å². The Kier molecular flexibility index (Phi) is 8.15. The highest BCUT2D eigenvalue weighted by Crippen LogP contribution is 2.34. The number of rotatable bonds is 9. The highest BCUT2D eigenvalue weighted by Gasteiger charge is 2.33. The molecule has 6 nitrogen and oxygen atoms in total. The first-order valence-corrected chi connectivity index (χ1v) is 11.5. The van der Waals surface area contributed by atoms with Crippen LogP contribution in [-0.2, 0) is 17.5 Å². The molecule has 176 valence electrons. The van der Waals surface area contributed by atoms with Gasteiger partial charge in [-0.25, -0.2) is 0 Å². The minimum Gasteiger partial charge on any atom is -0.331 e. The predicted octanol–water partition coefficient (Wildman–Crippen LogP) is 3.67. The minimum atomic E-state index is -4.55. The molecule has 1 atom stereocenters. The van der Waals surface area contributed by atoms with Crippen LogP contribution < -0.4 is 10.2 Å². The Balaban J connectivity index is 1.79. The SMILES string of the molecule is CC[C@@H](c1nnc(SCC(=O)Nc2ccccc2C(F)(F)F)n1Cc1ccccc1)[NH+](C)C. The van der Waals surface area contributed by atoms with Crippen molar-refractivity contribution in [3.8, 4) is 0 Å². The highest BCUT2D eigenvalue weighted by atomic mass is 32.2. The van der Waals surface area contributed by atoms with Crippen LogP contribution in [0.1, 0.15) is 36.3 Å². The van der Waals surface area contributed by atoms with Gasteiger partial charge in [0.1, 0.15) is 6.04 Å². The number of hydrogen-bond donors (Lipinski definition) is 2. The summed E-state index contributed by atoms with van der Waals surface area (Å²) < 4.78 is 41.6. The maximum atomic E-state index is 13.2. The van der Waals surface area contributed by atoms with E-state index >= 15 is 0 Å².